The molecule has 0 spiro atoms. The van der Waals surface area contributed by atoms with Gasteiger partial charge < -0.3 is 9.30 Å². The predicted molar refractivity (Wildman–Crippen MR) is 164 cm³/mol. The number of ether oxygens (including phenoxy) is 1. The summed E-state index contributed by atoms with van der Waals surface area (Å²) in [5, 5.41) is 1.18. The fraction of sp³-hybridized carbons (Fsp3) is 0.257. The zero-order valence-electron chi connectivity index (χ0n) is 23.5. The zero-order valence-corrected chi connectivity index (χ0v) is 24.4. The molecule has 0 saturated heterocycles. The fourth-order valence-corrected chi connectivity index (χ4v) is 7.16. The molecule has 0 fully saturated rings. The van der Waals surface area contributed by atoms with Gasteiger partial charge in [0.1, 0.15) is 5.75 Å². The summed E-state index contributed by atoms with van der Waals surface area (Å²) in [6.07, 6.45) is 3.52. The largest absolute Gasteiger partial charge is 0.497 e. The van der Waals surface area contributed by atoms with Crippen molar-refractivity contribution in [3.63, 3.8) is 0 Å². The lowest BCUT2D eigenvalue weighted by molar-refractivity contribution is 0.191. The van der Waals surface area contributed by atoms with Crippen molar-refractivity contribution in [1.82, 2.24) is 4.57 Å². The van der Waals surface area contributed by atoms with Crippen LogP contribution in [0.15, 0.2) is 102 Å². The zero-order chi connectivity index (χ0) is 28.4. The SMILES string of the molecule is COc1cccc(CCCn2c3c(c4cccc(-c5ccccc5)c42)CC(OS(=O)(=O)c2ccc(C)cc2)CC3)c1. The Bertz CT molecular complexity index is 1770. The molecule has 5 aromatic rings. The van der Waals surface area contributed by atoms with Gasteiger partial charge in [0.15, 0.2) is 0 Å². The summed E-state index contributed by atoms with van der Waals surface area (Å²) in [6, 6.07) is 32.1. The molecule has 0 amide bonds. The minimum atomic E-state index is -3.84. The van der Waals surface area contributed by atoms with Gasteiger partial charge in [0, 0.05) is 29.6 Å². The van der Waals surface area contributed by atoms with E-state index in [1.165, 1.54) is 38.9 Å². The lowest BCUT2D eigenvalue weighted by Crippen LogP contribution is -2.26. The maximum Gasteiger partial charge on any atom is 0.297 e. The van der Waals surface area contributed by atoms with E-state index in [1.807, 2.05) is 25.1 Å². The number of aromatic nitrogens is 1. The molecule has 0 N–H and O–H groups in total. The number of hydrogen-bond acceptors (Lipinski definition) is 4. The molecule has 0 radical (unpaired) electrons. The molecule has 6 heteroatoms. The highest BCUT2D eigenvalue weighted by Crippen LogP contribution is 2.39. The van der Waals surface area contributed by atoms with Crippen LogP contribution in [0.3, 0.4) is 0 Å². The Morgan fingerprint density at radius 2 is 1.68 bits per heavy atom. The van der Waals surface area contributed by atoms with Crippen molar-refractivity contribution in [3.8, 4) is 16.9 Å². The van der Waals surface area contributed by atoms with E-state index < -0.39 is 16.2 Å². The average Bonchev–Trinajstić information content (AvgIpc) is 3.30. The molecular weight excluding hydrogens is 530 g/mol. The van der Waals surface area contributed by atoms with Crippen molar-refractivity contribution >= 4 is 21.0 Å². The molecule has 0 bridgehead atoms. The van der Waals surface area contributed by atoms with Crippen molar-refractivity contribution in [3.05, 3.63) is 119 Å². The van der Waals surface area contributed by atoms with Gasteiger partial charge in [-0.2, -0.15) is 8.42 Å². The number of nitrogens with zero attached hydrogens (tertiary/aromatic N) is 1. The van der Waals surface area contributed by atoms with Crippen LogP contribution >= 0.6 is 0 Å². The molecule has 1 aliphatic rings. The van der Waals surface area contributed by atoms with Crippen molar-refractivity contribution < 1.29 is 17.3 Å². The topological polar surface area (TPSA) is 57.5 Å². The van der Waals surface area contributed by atoms with E-state index in [0.29, 0.717) is 12.8 Å². The minimum Gasteiger partial charge on any atom is -0.497 e. The molecule has 1 aliphatic carbocycles. The quantitative estimate of drug-likeness (QED) is 0.174. The second-order valence-corrected chi connectivity index (χ2v) is 12.4. The predicted octanol–water partition coefficient (Wildman–Crippen LogP) is 7.52. The van der Waals surface area contributed by atoms with Gasteiger partial charge in [0.2, 0.25) is 0 Å². The molecule has 5 nitrogen and oxygen atoms in total. The molecule has 1 atom stereocenters. The average molecular weight is 566 g/mol. The first kappa shape index (κ1) is 27.3. The normalized spacial score (nSPS) is 15.1. The first-order valence-electron chi connectivity index (χ1n) is 14.2. The van der Waals surface area contributed by atoms with Crippen molar-refractivity contribution in [2.45, 2.75) is 56.6 Å². The van der Waals surface area contributed by atoms with Crippen molar-refractivity contribution in [2.75, 3.05) is 7.11 Å². The highest BCUT2D eigenvalue weighted by atomic mass is 32.2. The lowest BCUT2D eigenvalue weighted by atomic mass is 9.92. The van der Waals surface area contributed by atoms with E-state index in [9.17, 15) is 8.42 Å². The molecule has 4 aromatic carbocycles. The number of fused-ring (bicyclic) bond motifs is 3. The Labute approximate surface area is 242 Å². The molecule has 0 aliphatic heterocycles. The highest BCUT2D eigenvalue weighted by molar-refractivity contribution is 7.86. The molecular formula is C35H35NO4S. The van der Waals surface area contributed by atoms with Crippen LogP contribution in [0.2, 0.25) is 0 Å². The summed E-state index contributed by atoms with van der Waals surface area (Å²) in [7, 11) is -2.14. The standard InChI is InChI=1S/C35H35NO4S/c1-25-16-19-30(20-17-25)41(37,38)40-29-18-21-34-33(24-29)32-15-7-14-31(27-11-4-3-5-12-27)35(32)36(34)22-8-10-26-9-6-13-28(23-26)39-2/h3-7,9,11-17,19-20,23,29H,8,10,18,21-22,24H2,1-2H3. The van der Waals surface area contributed by atoms with Gasteiger partial charge >= 0.3 is 0 Å². The van der Waals surface area contributed by atoms with E-state index in [4.69, 9.17) is 8.92 Å². The third-order valence-corrected chi connectivity index (χ3v) is 9.45. The van der Waals surface area contributed by atoms with Crippen LogP contribution in [0, 0.1) is 6.92 Å². The van der Waals surface area contributed by atoms with Crippen LogP contribution < -0.4 is 4.74 Å². The maximum atomic E-state index is 13.1. The van der Waals surface area contributed by atoms with Crippen LogP contribution in [0.25, 0.3) is 22.0 Å². The van der Waals surface area contributed by atoms with Crippen LogP contribution in [0.1, 0.15) is 35.2 Å². The number of para-hydroxylation sites is 1. The summed E-state index contributed by atoms with van der Waals surface area (Å²) in [5.41, 5.74) is 8.36. The molecule has 1 unspecified atom stereocenters. The molecule has 210 valence electrons. The summed E-state index contributed by atoms with van der Waals surface area (Å²) < 4.78 is 40.0. The molecule has 41 heavy (non-hydrogen) atoms. The minimum absolute atomic E-state index is 0.209. The van der Waals surface area contributed by atoms with Gasteiger partial charge in [-0.25, -0.2) is 0 Å². The van der Waals surface area contributed by atoms with E-state index in [0.717, 1.165) is 37.1 Å². The van der Waals surface area contributed by atoms with Crippen molar-refractivity contribution in [1.29, 1.82) is 0 Å². The van der Waals surface area contributed by atoms with E-state index in [1.54, 1.807) is 31.4 Å². The Morgan fingerprint density at radius 1 is 0.902 bits per heavy atom. The van der Waals surface area contributed by atoms with Gasteiger partial charge in [-0.15, -0.1) is 0 Å². The van der Waals surface area contributed by atoms with Gasteiger partial charge in [-0.05, 0) is 73.6 Å². The Balaban J connectivity index is 1.34. The van der Waals surface area contributed by atoms with Crippen molar-refractivity contribution in [2.24, 2.45) is 0 Å². The summed E-state index contributed by atoms with van der Waals surface area (Å²) >= 11 is 0. The highest BCUT2D eigenvalue weighted by Gasteiger charge is 2.30. The first-order valence-corrected chi connectivity index (χ1v) is 15.6. The second-order valence-electron chi connectivity index (χ2n) is 10.8. The Hall–Kier alpha value is -3.87. The maximum absolute atomic E-state index is 13.1. The van der Waals surface area contributed by atoms with Gasteiger partial charge in [-0.1, -0.05) is 78.4 Å². The number of hydrogen-bond donors (Lipinski definition) is 0. The Morgan fingerprint density at radius 3 is 2.46 bits per heavy atom. The number of aryl methyl sites for hydroxylation is 3. The fourth-order valence-electron chi connectivity index (χ4n) is 6.06. The Kier molecular flexibility index (Phi) is 7.69. The summed E-state index contributed by atoms with van der Waals surface area (Å²) in [5.74, 6) is 0.879. The number of rotatable bonds is 9. The number of benzene rings is 4. The third-order valence-electron chi connectivity index (χ3n) is 8.08. The van der Waals surface area contributed by atoms with Gasteiger partial charge in [0.05, 0.1) is 23.6 Å². The smallest absolute Gasteiger partial charge is 0.297 e. The van der Waals surface area contributed by atoms with Crippen LogP contribution in [0.4, 0.5) is 0 Å². The van der Waals surface area contributed by atoms with E-state index >= 15 is 0 Å². The van der Waals surface area contributed by atoms with Gasteiger partial charge in [-0.3, -0.25) is 4.18 Å². The third kappa shape index (κ3) is 5.67. The molecule has 1 aromatic heterocycles. The van der Waals surface area contributed by atoms with Crippen LogP contribution in [0.5, 0.6) is 5.75 Å². The van der Waals surface area contributed by atoms with Crippen LogP contribution in [-0.4, -0.2) is 26.2 Å². The van der Waals surface area contributed by atoms with Crippen LogP contribution in [-0.2, 0) is 40.1 Å². The number of methoxy groups -OCH3 is 1. The second kappa shape index (κ2) is 11.6. The summed E-state index contributed by atoms with van der Waals surface area (Å²) in [6.45, 7) is 2.82. The lowest BCUT2D eigenvalue weighted by Gasteiger charge is -2.24. The first-order chi connectivity index (χ1) is 19.9. The van der Waals surface area contributed by atoms with E-state index in [2.05, 4.69) is 59.2 Å². The van der Waals surface area contributed by atoms with Gasteiger partial charge in [0.25, 0.3) is 10.1 Å². The van der Waals surface area contributed by atoms with E-state index in [-0.39, 0.29) is 4.90 Å². The molecule has 0 saturated carbocycles. The monoisotopic (exact) mass is 565 g/mol. The molecule has 6 rings (SSSR count). The molecule has 1 heterocycles. The summed E-state index contributed by atoms with van der Waals surface area (Å²) in [4.78, 5) is 0.209.